The number of anilines is 3. The quantitative estimate of drug-likeness (QED) is 0.218. The summed E-state index contributed by atoms with van der Waals surface area (Å²) in [4.78, 5) is 12.3. The number of nitrogens with zero attached hydrogens (tertiary/aromatic N) is 1. The van der Waals surface area contributed by atoms with Crippen molar-refractivity contribution in [2.75, 3.05) is 16.6 Å². The molecule has 0 saturated carbocycles. The van der Waals surface area contributed by atoms with E-state index in [1.165, 1.54) is 24.3 Å². The molecule has 0 fully saturated rings. The zero-order valence-corrected chi connectivity index (χ0v) is 20.0. The van der Waals surface area contributed by atoms with Crippen LogP contribution in [0.25, 0.3) is 0 Å². The van der Waals surface area contributed by atoms with Crippen LogP contribution < -0.4 is 14.8 Å². The smallest absolute Gasteiger partial charge is 0.307 e. The van der Waals surface area contributed by atoms with Crippen LogP contribution in [0.4, 0.5) is 17.1 Å². The third-order valence-electron chi connectivity index (χ3n) is 4.80. The zero-order valence-electron chi connectivity index (χ0n) is 18.3. The zero-order chi connectivity index (χ0) is 24.7. The molecule has 0 bridgehead atoms. The highest BCUT2D eigenvalue weighted by Crippen LogP contribution is 2.31. The highest BCUT2D eigenvalue weighted by atomic mass is 32.2. The standard InChI is InChI=1S/C23H25N3O6S2/c1-2-32-23(27)16-22(25-34(30,31)21-12-4-3-5-13-21)17-8-6-10-19(14-17)26(33(28)29)20-11-7-9-18(24)15-20/h3-15,22,25H,2,16,24H2,1H3,(H,28,29). The van der Waals surface area contributed by atoms with Gasteiger partial charge in [-0.15, -0.1) is 0 Å². The molecular formula is C23H25N3O6S2. The molecule has 11 heteroatoms. The van der Waals surface area contributed by atoms with Crippen molar-refractivity contribution in [2.24, 2.45) is 0 Å². The Morgan fingerprint density at radius 1 is 1.06 bits per heavy atom. The van der Waals surface area contributed by atoms with E-state index in [0.29, 0.717) is 22.6 Å². The molecule has 34 heavy (non-hydrogen) atoms. The Hall–Kier alpha value is -3.25. The average molecular weight is 504 g/mol. The van der Waals surface area contributed by atoms with Crippen LogP contribution in [0.3, 0.4) is 0 Å². The number of hydrogen-bond donors (Lipinski definition) is 3. The lowest BCUT2D eigenvalue weighted by Crippen LogP contribution is -2.31. The van der Waals surface area contributed by atoms with Crippen LogP contribution in [0.1, 0.15) is 24.9 Å². The van der Waals surface area contributed by atoms with Gasteiger partial charge in [0.05, 0.1) is 35.3 Å². The Morgan fingerprint density at radius 3 is 2.32 bits per heavy atom. The first-order valence-electron chi connectivity index (χ1n) is 10.3. The number of carbonyl (C=O) groups excluding carboxylic acids is 1. The van der Waals surface area contributed by atoms with Crippen LogP contribution in [0, 0.1) is 0 Å². The number of esters is 1. The van der Waals surface area contributed by atoms with Gasteiger partial charge in [-0.25, -0.2) is 21.7 Å². The van der Waals surface area contributed by atoms with E-state index in [9.17, 15) is 22.0 Å². The van der Waals surface area contributed by atoms with Crippen LogP contribution in [-0.2, 0) is 30.8 Å². The lowest BCUT2D eigenvalue weighted by atomic mass is 10.0. The van der Waals surface area contributed by atoms with Gasteiger partial charge in [0.2, 0.25) is 10.0 Å². The van der Waals surface area contributed by atoms with E-state index in [0.717, 1.165) is 4.31 Å². The summed E-state index contributed by atoms with van der Waals surface area (Å²) < 4.78 is 56.8. The first kappa shape index (κ1) is 25.4. The molecule has 0 radical (unpaired) electrons. The van der Waals surface area contributed by atoms with Gasteiger partial charge in [-0.05, 0) is 55.0 Å². The predicted molar refractivity (Wildman–Crippen MR) is 131 cm³/mol. The lowest BCUT2D eigenvalue weighted by molar-refractivity contribution is -0.143. The number of nitrogens with one attached hydrogen (secondary N) is 1. The summed E-state index contributed by atoms with van der Waals surface area (Å²) in [5.74, 6) is -0.591. The molecule has 180 valence electrons. The Kier molecular flexibility index (Phi) is 8.40. The minimum Gasteiger partial charge on any atom is -0.466 e. The fourth-order valence-electron chi connectivity index (χ4n) is 3.32. The van der Waals surface area contributed by atoms with Crippen LogP contribution in [0.15, 0.2) is 83.8 Å². The number of benzene rings is 3. The van der Waals surface area contributed by atoms with Crippen LogP contribution in [-0.4, -0.2) is 29.8 Å². The molecule has 0 aliphatic heterocycles. The second-order valence-corrected chi connectivity index (χ2v) is 9.75. The summed E-state index contributed by atoms with van der Waals surface area (Å²) in [6.45, 7) is 1.80. The first-order chi connectivity index (χ1) is 16.2. The number of nitrogen functional groups attached to an aromatic ring is 1. The summed E-state index contributed by atoms with van der Waals surface area (Å²) in [5.41, 5.74) is 7.30. The maximum atomic E-state index is 13.0. The molecule has 0 spiro atoms. The predicted octanol–water partition coefficient (Wildman–Crippen LogP) is 3.52. The van der Waals surface area contributed by atoms with E-state index in [1.54, 1.807) is 61.5 Å². The van der Waals surface area contributed by atoms with Crippen molar-refractivity contribution in [2.45, 2.75) is 24.3 Å². The molecule has 0 aliphatic carbocycles. The fraction of sp³-hybridized carbons (Fsp3) is 0.174. The minimum absolute atomic E-state index is 0.0397. The van der Waals surface area contributed by atoms with Crippen molar-refractivity contribution in [1.82, 2.24) is 4.72 Å². The Labute approximate surface area is 201 Å². The van der Waals surface area contributed by atoms with E-state index in [2.05, 4.69) is 4.72 Å². The molecule has 9 nitrogen and oxygen atoms in total. The molecular weight excluding hydrogens is 478 g/mol. The molecule has 0 saturated heterocycles. The van der Waals surface area contributed by atoms with Gasteiger partial charge < -0.3 is 10.5 Å². The molecule has 0 heterocycles. The topological polar surface area (TPSA) is 139 Å². The van der Waals surface area contributed by atoms with Gasteiger partial charge in [-0.2, -0.15) is 0 Å². The average Bonchev–Trinajstić information content (AvgIpc) is 2.79. The van der Waals surface area contributed by atoms with E-state index < -0.39 is 33.3 Å². The number of sulfonamides is 1. The Bertz CT molecular complexity index is 1270. The van der Waals surface area contributed by atoms with Crippen molar-refractivity contribution >= 4 is 44.3 Å². The molecule has 2 atom stereocenters. The van der Waals surface area contributed by atoms with Gasteiger partial charge in [0, 0.05) is 5.69 Å². The fourth-order valence-corrected chi connectivity index (χ4v) is 5.15. The monoisotopic (exact) mass is 503 g/mol. The van der Waals surface area contributed by atoms with Crippen molar-refractivity contribution in [3.05, 3.63) is 84.4 Å². The van der Waals surface area contributed by atoms with E-state index in [-0.39, 0.29) is 17.9 Å². The van der Waals surface area contributed by atoms with Crippen molar-refractivity contribution in [1.29, 1.82) is 0 Å². The molecule has 2 unspecified atom stereocenters. The van der Waals surface area contributed by atoms with E-state index >= 15 is 0 Å². The van der Waals surface area contributed by atoms with Gasteiger partial charge >= 0.3 is 5.97 Å². The van der Waals surface area contributed by atoms with Crippen molar-refractivity contribution in [3.63, 3.8) is 0 Å². The molecule has 4 N–H and O–H groups in total. The number of rotatable bonds is 10. The summed E-state index contributed by atoms with van der Waals surface area (Å²) in [6.07, 6.45) is -0.274. The number of carbonyl (C=O) groups is 1. The second-order valence-electron chi connectivity index (χ2n) is 7.21. The highest BCUT2D eigenvalue weighted by Gasteiger charge is 2.25. The molecule has 3 aromatic rings. The van der Waals surface area contributed by atoms with Gasteiger partial charge in [0.25, 0.3) is 11.3 Å². The SMILES string of the molecule is CCOC(=O)CC(NS(=O)(=O)c1ccccc1)c1cccc(N(c2cccc(N)c2)S(=O)O)c1. The van der Waals surface area contributed by atoms with Crippen LogP contribution in [0.2, 0.25) is 0 Å². The number of nitrogens with two attached hydrogens (primary N) is 1. The lowest BCUT2D eigenvalue weighted by Gasteiger charge is -2.23. The summed E-state index contributed by atoms with van der Waals surface area (Å²) in [5, 5.41) is 0. The van der Waals surface area contributed by atoms with Gasteiger partial charge in [-0.3, -0.25) is 9.35 Å². The normalized spacial score (nSPS) is 13.1. The van der Waals surface area contributed by atoms with E-state index in [4.69, 9.17) is 10.5 Å². The van der Waals surface area contributed by atoms with Gasteiger partial charge in [0.15, 0.2) is 0 Å². The van der Waals surface area contributed by atoms with Gasteiger partial charge in [-0.1, -0.05) is 36.4 Å². The molecule has 0 aromatic heterocycles. The summed E-state index contributed by atoms with van der Waals surface area (Å²) in [7, 11) is -3.97. The second kappa shape index (κ2) is 11.3. The van der Waals surface area contributed by atoms with Crippen LogP contribution >= 0.6 is 0 Å². The third kappa shape index (κ3) is 6.41. The summed E-state index contributed by atoms with van der Waals surface area (Å²) in [6, 6.07) is 19.6. The number of hydrogen-bond acceptors (Lipinski definition) is 6. The van der Waals surface area contributed by atoms with Crippen molar-refractivity contribution < 1.29 is 26.7 Å². The van der Waals surface area contributed by atoms with E-state index in [1.807, 2.05) is 0 Å². The molecule has 0 aliphatic rings. The maximum absolute atomic E-state index is 13.0. The Balaban J connectivity index is 2.01. The maximum Gasteiger partial charge on any atom is 0.307 e. The van der Waals surface area contributed by atoms with Gasteiger partial charge in [0.1, 0.15) is 0 Å². The summed E-state index contributed by atoms with van der Waals surface area (Å²) >= 11 is -2.45. The number of ether oxygens (including phenoxy) is 1. The minimum atomic E-state index is -3.97. The first-order valence-corrected chi connectivity index (χ1v) is 12.9. The van der Waals surface area contributed by atoms with Crippen molar-refractivity contribution in [3.8, 4) is 0 Å². The Morgan fingerprint density at radius 2 is 1.71 bits per heavy atom. The largest absolute Gasteiger partial charge is 0.466 e. The molecule has 3 rings (SSSR count). The molecule has 3 aromatic carbocycles. The highest BCUT2D eigenvalue weighted by molar-refractivity contribution is 7.89. The molecule has 0 amide bonds. The van der Waals surface area contributed by atoms with Crippen LogP contribution in [0.5, 0.6) is 0 Å². The third-order valence-corrected chi connectivity index (χ3v) is 7.02.